The Morgan fingerprint density at radius 1 is 0.263 bits per heavy atom. The molecule has 3 nitrogen and oxygen atoms in total. The van der Waals surface area contributed by atoms with Crippen LogP contribution in [0.2, 0.25) is 0 Å². The molecule has 0 N–H and O–H groups in total. The maximum Gasteiger partial charge on any atom is 0.165 e. The van der Waals surface area contributed by atoms with Crippen molar-refractivity contribution >= 4 is 85.4 Å². The second-order valence-corrected chi connectivity index (χ2v) is 15.7. The summed E-state index contributed by atoms with van der Waals surface area (Å²) >= 11 is 1.88. The molecule has 4 heteroatoms. The molecular weight excluding hydrogens is 711 g/mol. The third-order valence-corrected chi connectivity index (χ3v) is 12.6. The summed E-state index contributed by atoms with van der Waals surface area (Å²) < 4.78 is 2.64. The molecule has 57 heavy (non-hydrogen) atoms. The summed E-state index contributed by atoms with van der Waals surface area (Å²) in [4.78, 5) is 15.5. The maximum atomic E-state index is 5.23. The van der Waals surface area contributed by atoms with Crippen molar-refractivity contribution in [1.29, 1.82) is 0 Å². The summed E-state index contributed by atoms with van der Waals surface area (Å²) in [5.41, 5.74) is 5.29. The zero-order valence-electron chi connectivity index (χ0n) is 30.6. The lowest BCUT2D eigenvalue weighted by molar-refractivity contribution is 1.08. The zero-order chi connectivity index (χ0) is 37.5. The van der Waals surface area contributed by atoms with Crippen molar-refractivity contribution < 1.29 is 0 Å². The fourth-order valence-electron chi connectivity index (χ4n) is 9.02. The highest BCUT2D eigenvalue weighted by molar-refractivity contribution is 7.26. The molecule has 12 rings (SSSR count). The average Bonchev–Trinajstić information content (AvgIpc) is 3.67. The quantitative estimate of drug-likeness (QED) is 0.133. The Morgan fingerprint density at radius 2 is 0.719 bits per heavy atom. The molecule has 0 radical (unpaired) electrons. The van der Waals surface area contributed by atoms with Crippen molar-refractivity contribution in [1.82, 2.24) is 15.0 Å². The average molecular weight is 742 g/mol. The van der Waals surface area contributed by atoms with Gasteiger partial charge in [0, 0.05) is 36.9 Å². The molecular formula is C53H31N3S. The summed E-state index contributed by atoms with van der Waals surface area (Å²) in [5, 5.41) is 14.9. The largest absolute Gasteiger partial charge is 0.208 e. The van der Waals surface area contributed by atoms with Gasteiger partial charge in [-0.25, -0.2) is 15.0 Å². The number of hydrogen-bond donors (Lipinski definition) is 0. The van der Waals surface area contributed by atoms with Crippen molar-refractivity contribution in [2.24, 2.45) is 0 Å². The molecule has 0 unspecified atom stereocenters. The number of rotatable bonds is 4. The number of benzene rings is 10. The third-order valence-electron chi connectivity index (χ3n) is 11.5. The summed E-state index contributed by atoms with van der Waals surface area (Å²) in [7, 11) is 0. The number of aromatic nitrogens is 3. The lowest BCUT2D eigenvalue weighted by atomic mass is 9.86. The van der Waals surface area contributed by atoms with Gasteiger partial charge in [-0.15, -0.1) is 11.3 Å². The number of thiophene rings is 1. The summed E-state index contributed by atoms with van der Waals surface area (Å²) in [6.45, 7) is 0. The van der Waals surface area contributed by atoms with E-state index in [4.69, 9.17) is 15.0 Å². The molecule has 0 spiro atoms. The SMILES string of the molecule is c1ccc(-c2nc(-c3ccccc3)nc(-c3c4ccccc4c(-c4ccc5c(c4)c4ccccc4c4ccc6sc7ccccc7c6c45)c4ccccc34)n2)cc1. The molecule has 10 aromatic carbocycles. The van der Waals surface area contributed by atoms with Gasteiger partial charge in [-0.2, -0.15) is 0 Å². The fourth-order valence-corrected chi connectivity index (χ4v) is 10.1. The van der Waals surface area contributed by atoms with E-state index >= 15 is 0 Å². The Kier molecular flexibility index (Phi) is 7.10. The Balaban J connectivity index is 1.17. The van der Waals surface area contributed by atoms with Gasteiger partial charge in [-0.05, 0) is 83.2 Å². The monoisotopic (exact) mass is 741 g/mol. The number of fused-ring (bicyclic) bond motifs is 12. The van der Waals surface area contributed by atoms with E-state index in [0.717, 1.165) is 38.2 Å². The number of hydrogen-bond acceptors (Lipinski definition) is 4. The predicted molar refractivity (Wildman–Crippen MR) is 242 cm³/mol. The molecule has 2 aromatic heterocycles. The molecule has 0 aliphatic heterocycles. The highest BCUT2D eigenvalue weighted by atomic mass is 32.1. The van der Waals surface area contributed by atoms with Gasteiger partial charge in [-0.1, -0.05) is 170 Å². The summed E-state index contributed by atoms with van der Waals surface area (Å²) in [5.74, 6) is 1.96. The molecule has 0 bridgehead atoms. The number of nitrogens with zero attached hydrogens (tertiary/aromatic N) is 3. The molecule has 0 aliphatic carbocycles. The van der Waals surface area contributed by atoms with E-state index in [0.29, 0.717) is 17.5 Å². The Bertz CT molecular complexity index is 3460. The Morgan fingerprint density at radius 3 is 1.33 bits per heavy atom. The second kappa shape index (κ2) is 12.6. The molecule has 0 fully saturated rings. The van der Waals surface area contributed by atoms with Gasteiger partial charge in [-0.3, -0.25) is 0 Å². The van der Waals surface area contributed by atoms with Gasteiger partial charge in [0.05, 0.1) is 0 Å². The lowest BCUT2D eigenvalue weighted by Crippen LogP contribution is -2.01. The molecule has 0 atom stereocenters. The van der Waals surface area contributed by atoms with Crippen LogP contribution in [-0.4, -0.2) is 15.0 Å². The Hall–Kier alpha value is -7.27. The maximum absolute atomic E-state index is 5.23. The van der Waals surface area contributed by atoms with E-state index in [-0.39, 0.29) is 0 Å². The third kappa shape index (κ3) is 4.94. The molecule has 0 aliphatic rings. The van der Waals surface area contributed by atoms with E-state index in [1.54, 1.807) is 0 Å². The van der Waals surface area contributed by atoms with E-state index in [2.05, 4.69) is 152 Å². The van der Waals surface area contributed by atoms with Crippen LogP contribution in [0.4, 0.5) is 0 Å². The van der Waals surface area contributed by atoms with Crippen LogP contribution in [0.3, 0.4) is 0 Å². The summed E-state index contributed by atoms with van der Waals surface area (Å²) in [6.07, 6.45) is 0. The Labute approximate surface area is 332 Å². The first-order valence-corrected chi connectivity index (χ1v) is 20.1. The molecule has 0 saturated heterocycles. The first kappa shape index (κ1) is 32.0. The van der Waals surface area contributed by atoms with Crippen LogP contribution in [0, 0.1) is 0 Å². The summed E-state index contributed by atoms with van der Waals surface area (Å²) in [6, 6.07) is 67.4. The second-order valence-electron chi connectivity index (χ2n) is 14.6. The lowest BCUT2D eigenvalue weighted by Gasteiger charge is -2.18. The van der Waals surface area contributed by atoms with E-state index in [9.17, 15) is 0 Å². The van der Waals surface area contributed by atoms with Crippen LogP contribution in [0.25, 0.3) is 119 Å². The highest BCUT2D eigenvalue weighted by Gasteiger charge is 2.22. The predicted octanol–water partition coefficient (Wildman–Crippen LogP) is 14.7. The normalized spacial score (nSPS) is 11.9. The van der Waals surface area contributed by atoms with Crippen molar-refractivity contribution in [3.05, 3.63) is 188 Å². The van der Waals surface area contributed by atoms with Crippen LogP contribution in [0.5, 0.6) is 0 Å². The zero-order valence-corrected chi connectivity index (χ0v) is 31.5. The fraction of sp³-hybridized carbons (Fsp3) is 0. The molecule has 0 amide bonds. The molecule has 12 aromatic rings. The molecule has 2 heterocycles. The van der Waals surface area contributed by atoms with E-state index < -0.39 is 0 Å². The van der Waals surface area contributed by atoms with Crippen LogP contribution in [-0.2, 0) is 0 Å². The topological polar surface area (TPSA) is 38.7 Å². The van der Waals surface area contributed by atoms with Crippen LogP contribution in [0.1, 0.15) is 0 Å². The smallest absolute Gasteiger partial charge is 0.165 e. The van der Waals surface area contributed by atoms with Gasteiger partial charge >= 0.3 is 0 Å². The standard InChI is InChI=1S/C53H31N3S/c1-3-15-32(16-4-1)51-54-52(33-17-5-2-6-18-33)56-53(55-51)49-39-23-11-9-21-37(39)47(38-22-10-12-24-40(38)49)34-27-28-42-44(31-34)36-20-8-7-19-35(36)41-29-30-46-50(48(41)42)43-25-13-14-26-45(43)57-46/h1-31H. The van der Waals surface area contributed by atoms with Crippen molar-refractivity contribution in [2.45, 2.75) is 0 Å². The molecule has 264 valence electrons. The minimum absolute atomic E-state index is 0.651. The van der Waals surface area contributed by atoms with Crippen molar-refractivity contribution in [3.63, 3.8) is 0 Å². The van der Waals surface area contributed by atoms with Gasteiger partial charge in [0.2, 0.25) is 0 Å². The van der Waals surface area contributed by atoms with Crippen LogP contribution in [0.15, 0.2) is 188 Å². The van der Waals surface area contributed by atoms with Gasteiger partial charge in [0.1, 0.15) is 0 Å². The molecule has 0 saturated carbocycles. The van der Waals surface area contributed by atoms with E-state index in [1.807, 2.05) is 47.7 Å². The van der Waals surface area contributed by atoms with Crippen molar-refractivity contribution in [3.8, 4) is 45.3 Å². The minimum Gasteiger partial charge on any atom is -0.208 e. The van der Waals surface area contributed by atoms with E-state index in [1.165, 1.54) is 63.6 Å². The minimum atomic E-state index is 0.651. The van der Waals surface area contributed by atoms with Crippen LogP contribution < -0.4 is 0 Å². The van der Waals surface area contributed by atoms with Gasteiger partial charge in [0.15, 0.2) is 17.5 Å². The van der Waals surface area contributed by atoms with Crippen LogP contribution >= 0.6 is 11.3 Å². The van der Waals surface area contributed by atoms with Crippen molar-refractivity contribution in [2.75, 3.05) is 0 Å². The first-order valence-electron chi connectivity index (χ1n) is 19.3. The van der Waals surface area contributed by atoms with Gasteiger partial charge in [0.25, 0.3) is 0 Å². The van der Waals surface area contributed by atoms with Gasteiger partial charge < -0.3 is 0 Å². The highest BCUT2D eigenvalue weighted by Crippen LogP contribution is 2.47. The first-order chi connectivity index (χ1) is 28.3.